The number of rotatable bonds is 4. The Morgan fingerprint density at radius 3 is 2.63 bits per heavy atom. The van der Waals surface area contributed by atoms with Gasteiger partial charge in [-0.25, -0.2) is 4.98 Å². The van der Waals surface area contributed by atoms with Gasteiger partial charge in [0.1, 0.15) is 5.01 Å². The number of fused-ring (bicyclic) bond motifs is 1. The average molecular weight is 438 g/mol. The number of amides is 2. The highest BCUT2D eigenvalue weighted by atomic mass is 32.1. The first-order valence-corrected chi connectivity index (χ1v) is 11.4. The van der Waals surface area contributed by atoms with E-state index in [0.29, 0.717) is 23.7 Å². The normalized spacial score (nSPS) is 14.9. The fraction of sp³-hybridized carbons (Fsp3) is 0.227. The molecular formula is C22H19N3O3S2. The third kappa shape index (κ3) is 3.76. The number of hydrogen-bond acceptors (Lipinski definition) is 6. The van der Waals surface area contributed by atoms with E-state index in [9.17, 15) is 9.59 Å². The molecule has 4 aromatic rings. The van der Waals surface area contributed by atoms with Crippen molar-refractivity contribution >= 4 is 44.7 Å². The molecule has 1 N–H and O–H groups in total. The fourth-order valence-corrected chi connectivity index (χ4v) is 5.52. The smallest absolute Gasteiger partial charge is 0.289 e. The summed E-state index contributed by atoms with van der Waals surface area (Å²) < 4.78 is 6.33. The van der Waals surface area contributed by atoms with Crippen LogP contribution < -0.4 is 5.32 Å². The molecular weight excluding hydrogens is 418 g/mol. The SMILES string of the molecule is O=C(NC1CCN(C(=O)c2ccco2)CC1)c1ccc(-c2nc3ccccc3s2)s1. The number of aromatic nitrogens is 1. The van der Waals surface area contributed by atoms with Crippen molar-refractivity contribution in [2.75, 3.05) is 13.1 Å². The van der Waals surface area contributed by atoms with Gasteiger partial charge in [-0.15, -0.1) is 22.7 Å². The molecule has 0 aliphatic carbocycles. The molecule has 1 saturated heterocycles. The van der Waals surface area contributed by atoms with E-state index in [1.54, 1.807) is 28.4 Å². The highest BCUT2D eigenvalue weighted by molar-refractivity contribution is 7.26. The van der Waals surface area contributed by atoms with E-state index in [4.69, 9.17) is 4.42 Å². The zero-order valence-electron chi connectivity index (χ0n) is 16.0. The predicted octanol–water partition coefficient (Wildman–Crippen LogP) is 4.65. The maximum absolute atomic E-state index is 12.7. The number of benzene rings is 1. The Balaban J connectivity index is 1.20. The van der Waals surface area contributed by atoms with Gasteiger partial charge >= 0.3 is 0 Å². The van der Waals surface area contributed by atoms with Crippen molar-refractivity contribution in [3.8, 4) is 9.88 Å². The Labute approximate surface area is 181 Å². The van der Waals surface area contributed by atoms with Gasteiger partial charge in [0.25, 0.3) is 11.8 Å². The summed E-state index contributed by atoms with van der Waals surface area (Å²) in [5, 5.41) is 4.05. The van der Waals surface area contributed by atoms with Gasteiger partial charge in [0.05, 0.1) is 26.2 Å². The van der Waals surface area contributed by atoms with Gasteiger partial charge < -0.3 is 14.6 Å². The number of thiazole rings is 1. The summed E-state index contributed by atoms with van der Waals surface area (Å²) in [6, 6.07) is 15.3. The molecule has 0 spiro atoms. The Kier molecular flexibility index (Phi) is 5.10. The molecule has 1 aromatic carbocycles. The number of carbonyl (C=O) groups is 2. The lowest BCUT2D eigenvalue weighted by Gasteiger charge is -2.31. The van der Waals surface area contributed by atoms with Crippen LogP contribution in [0.5, 0.6) is 0 Å². The van der Waals surface area contributed by atoms with Crippen LogP contribution in [0.1, 0.15) is 33.1 Å². The van der Waals surface area contributed by atoms with Crippen molar-refractivity contribution in [1.82, 2.24) is 15.2 Å². The van der Waals surface area contributed by atoms with Crippen LogP contribution in [-0.4, -0.2) is 40.8 Å². The summed E-state index contributed by atoms with van der Waals surface area (Å²) in [4.78, 5) is 33.2. The van der Waals surface area contributed by atoms with Gasteiger partial charge in [0.15, 0.2) is 5.76 Å². The van der Waals surface area contributed by atoms with Crippen LogP contribution in [0.25, 0.3) is 20.1 Å². The highest BCUT2D eigenvalue weighted by Gasteiger charge is 2.26. The van der Waals surface area contributed by atoms with E-state index in [-0.39, 0.29) is 17.9 Å². The van der Waals surface area contributed by atoms with Crippen LogP contribution in [0.2, 0.25) is 0 Å². The number of carbonyl (C=O) groups excluding carboxylic acids is 2. The molecule has 8 heteroatoms. The average Bonchev–Trinajstić information content (AvgIpc) is 3.54. The van der Waals surface area contributed by atoms with E-state index in [0.717, 1.165) is 32.9 Å². The summed E-state index contributed by atoms with van der Waals surface area (Å²) in [7, 11) is 0. The molecule has 0 radical (unpaired) electrons. The summed E-state index contributed by atoms with van der Waals surface area (Å²) in [5.41, 5.74) is 0.979. The summed E-state index contributed by atoms with van der Waals surface area (Å²) in [5.74, 6) is 0.199. The zero-order chi connectivity index (χ0) is 20.5. The topological polar surface area (TPSA) is 75.4 Å². The molecule has 0 bridgehead atoms. The molecule has 5 rings (SSSR count). The molecule has 152 valence electrons. The van der Waals surface area contributed by atoms with E-state index in [1.165, 1.54) is 17.6 Å². The van der Waals surface area contributed by atoms with Gasteiger partial charge in [-0.05, 0) is 49.2 Å². The molecule has 3 aromatic heterocycles. The number of nitrogens with zero attached hydrogens (tertiary/aromatic N) is 2. The monoisotopic (exact) mass is 437 g/mol. The minimum Gasteiger partial charge on any atom is -0.459 e. The van der Waals surface area contributed by atoms with Gasteiger partial charge in [-0.2, -0.15) is 0 Å². The van der Waals surface area contributed by atoms with Crippen LogP contribution in [0.3, 0.4) is 0 Å². The minimum atomic E-state index is -0.0940. The van der Waals surface area contributed by atoms with Crippen LogP contribution in [0, 0.1) is 0 Å². The van der Waals surface area contributed by atoms with Crippen LogP contribution >= 0.6 is 22.7 Å². The van der Waals surface area contributed by atoms with Crippen molar-refractivity contribution < 1.29 is 14.0 Å². The second-order valence-corrected chi connectivity index (χ2v) is 9.28. The Hall–Kier alpha value is -2.97. The number of thiophene rings is 1. The lowest BCUT2D eigenvalue weighted by molar-refractivity contribution is 0.0667. The summed E-state index contributed by atoms with van der Waals surface area (Å²) in [6.07, 6.45) is 2.96. The quantitative estimate of drug-likeness (QED) is 0.504. The number of para-hydroxylation sites is 1. The van der Waals surface area contributed by atoms with Crippen molar-refractivity contribution in [3.63, 3.8) is 0 Å². The van der Waals surface area contributed by atoms with Crippen LogP contribution in [0.15, 0.2) is 59.2 Å². The number of piperidine rings is 1. The first-order valence-electron chi connectivity index (χ1n) is 9.77. The van der Waals surface area contributed by atoms with Crippen LogP contribution in [-0.2, 0) is 0 Å². The van der Waals surface area contributed by atoms with Gasteiger partial charge in [0.2, 0.25) is 0 Å². The third-order valence-electron chi connectivity index (χ3n) is 5.18. The molecule has 30 heavy (non-hydrogen) atoms. The van der Waals surface area contributed by atoms with Gasteiger partial charge in [0, 0.05) is 19.1 Å². The lowest BCUT2D eigenvalue weighted by Crippen LogP contribution is -2.46. The molecule has 6 nitrogen and oxygen atoms in total. The van der Waals surface area contributed by atoms with Gasteiger partial charge in [-0.3, -0.25) is 9.59 Å². The molecule has 0 unspecified atom stereocenters. The molecule has 1 aliphatic rings. The Morgan fingerprint density at radius 1 is 1.03 bits per heavy atom. The lowest BCUT2D eigenvalue weighted by atomic mass is 10.0. The fourth-order valence-electron chi connectivity index (χ4n) is 3.59. The van der Waals surface area contributed by atoms with E-state index in [1.807, 2.05) is 30.3 Å². The highest BCUT2D eigenvalue weighted by Crippen LogP contribution is 2.34. The van der Waals surface area contributed by atoms with Crippen molar-refractivity contribution in [2.24, 2.45) is 0 Å². The first-order chi connectivity index (χ1) is 14.7. The second kappa shape index (κ2) is 8.04. The summed E-state index contributed by atoms with van der Waals surface area (Å²) >= 11 is 3.10. The maximum Gasteiger partial charge on any atom is 0.289 e. The standard InChI is InChI=1S/C22H19N3O3S2/c26-20(23-14-9-11-25(12-10-14)22(27)16-5-3-13-28-16)18-7-8-19(29-18)21-24-15-4-1-2-6-17(15)30-21/h1-8,13-14H,9-12H2,(H,23,26). The van der Waals surface area contributed by atoms with Crippen LogP contribution in [0.4, 0.5) is 0 Å². The molecule has 0 atom stereocenters. The maximum atomic E-state index is 12.7. The molecule has 1 aliphatic heterocycles. The van der Waals surface area contributed by atoms with E-state index < -0.39 is 0 Å². The Bertz CT molecular complexity index is 1150. The Morgan fingerprint density at radius 2 is 1.87 bits per heavy atom. The van der Waals surface area contributed by atoms with E-state index in [2.05, 4.69) is 16.4 Å². The number of likely N-dealkylation sites (tertiary alicyclic amines) is 1. The summed E-state index contributed by atoms with van der Waals surface area (Å²) in [6.45, 7) is 1.21. The number of nitrogens with one attached hydrogen (secondary N) is 1. The molecule has 1 fully saturated rings. The molecule has 2 amide bonds. The first kappa shape index (κ1) is 19.0. The number of hydrogen-bond donors (Lipinski definition) is 1. The van der Waals surface area contributed by atoms with Gasteiger partial charge in [-0.1, -0.05) is 12.1 Å². The predicted molar refractivity (Wildman–Crippen MR) is 118 cm³/mol. The van der Waals surface area contributed by atoms with E-state index >= 15 is 0 Å². The molecule has 0 saturated carbocycles. The second-order valence-electron chi connectivity index (χ2n) is 7.17. The molecule has 4 heterocycles. The minimum absolute atomic E-state index is 0.0613. The van der Waals surface area contributed by atoms with Crippen molar-refractivity contribution in [3.05, 3.63) is 65.4 Å². The number of furan rings is 1. The van der Waals surface area contributed by atoms with Crippen molar-refractivity contribution in [2.45, 2.75) is 18.9 Å². The van der Waals surface area contributed by atoms with Crippen molar-refractivity contribution in [1.29, 1.82) is 0 Å². The zero-order valence-corrected chi connectivity index (χ0v) is 17.7. The largest absolute Gasteiger partial charge is 0.459 e. The third-order valence-corrected chi connectivity index (χ3v) is 7.47.